The van der Waals surface area contributed by atoms with Gasteiger partial charge in [0.2, 0.25) is 20.0 Å². The van der Waals surface area contributed by atoms with E-state index in [4.69, 9.17) is 21.2 Å². The maximum absolute atomic E-state index is 12.6. The number of nitrogens with one attached hydrogen (secondary N) is 2. The Hall–Kier alpha value is -2.70. The van der Waals surface area contributed by atoms with Crippen molar-refractivity contribution in [2.45, 2.75) is 17.2 Å². The number of furan rings is 1. The van der Waals surface area contributed by atoms with Crippen LogP contribution in [0, 0.1) is 0 Å². The molecular weight excluding hydrogens is 466 g/mol. The Bertz CT molecular complexity index is 1310. The Kier molecular flexibility index (Phi) is 6.82. The second-order valence-corrected chi connectivity index (χ2v) is 10.3. The van der Waals surface area contributed by atoms with Crippen molar-refractivity contribution in [3.8, 4) is 0 Å². The minimum atomic E-state index is -4.03. The van der Waals surface area contributed by atoms with Crippen molar-refractivity contribution < 1.29 is 26.0 Å². The van der Waals surface area contributed by atoms with Gasteiger partial charge < -0.3 is 9.73 Å². The van der Waals surface area contributed by atoms with E-state index >= 15 is 0 Å². The number of hydrogen-bond acceptors (Lipinski definition) is 6. The largest absolute Gasteiger partial charge is 0.468 e. The number of anilines is 1. The number of carbonyl (C=O) groups excluding carboxylic acids is 1. The molecule has 2 aromatic carbocycles. The van der Waals surface area contributed by atoms with Gasteiger partial charge in [-0.1, -0.05) is 23.7 Å². The van der Waals surface area contributed by atoms with Crippen molar-refractivity contribution in [3.05, 3.63) is 82.8 Å². The van der Waals surface area contributed by atoms with E-state index < -0.39 is 26.0 Å². The predicted molar refractivity (Wildman–Crippen MR) is 115 cm³/mol. The predicted octanol–water partition coefficient (Wildman–Crippen LogP) is 2.45. The Morgan fingerprint density at radius 2 is 1.81 bits per heavy atom. The third-order valence-corrected chi connectivity index (χ3v) is 6.67. The van der Waals surface area contributed by atoms with Gasteiger partial charge >= 0.3 is 0 Å². The summed E-state index contributed by atoms with van der Waals surface area (Å²) in [5.74, 6) is -0.582. The van der Waals surface area contributed by atoms with Gasteiger partial charge in [-0.15, -0.1) is 0 Å². The van der Waals surface area contributed by atoms with Gasteiger partial charge in [0.25, 0.3) is 5.91 Å². The molecule has 164 valence electrons. The summed E-state index contributed by atoms with van der Waals surface area (Å²) in [6, 6.07) is 13.2. The molecule has 0 fully saturated rings. The number of carbonyl (C=O) groups is 1. The van der Waals surface area contributed by atoms with Crippen molar-refractivity contribution in [3.63, 3.8) is 0 Å². The van der Waals surface area contributed by atoms with Crippen molar-refractivity contribution in [2.75, 3.05) is 5.32 Å². The summed E-state index contributed by atoms with van der Waals surface area (Å²) < 4.78 is 55.2. The summed E-state index contributed by atoms with van der Waals surface area (Å²) in [4.78, 5) is 12.4. The molecule has 0 aliphatic carbocycles. The topological polar surface area (TPSA) is 149 Å². The molecule has 3 rings (SSSR count). The average molecular weight is 484 g/mol. The van der Waals surface area contributed by atoms with Gasteiger partial charge in [0.1, 0.15) is 10.7 Å². The Morgan fingerprint density at radius 3 is 2.48 bits per heavy atom. The zero-order valence-electron chi connectivity index (χ0n) is 15.9. The molecule has 0 saturated heterocycles. The minimum Gasteiger partial charge on any atom is -0.468 e. The standard InChI is InChI=1S/C19H18ClN3O6S2/c20-17-7-6-14(10-18(17)31(27,28)22-11-16-5-2-8-29-16)19(24)23-15-4-1-3-13(9-15)12-30(21,25)26/h1-10,22H,11-12H2,(H,23,24)(H2,21,25,26). The van der Waals surface area contributed by atoms with E-state index in [-0.39, 0.29) is 27.8 Å². The summed E-state index contributed by atoms with van der Waals surface area (Å²) in [5, 5.41) is 7.57. The molecular formula is C19H18ClN3O6S2. The van der Waals surface area contributed by atoms with Crippen LogP contribution in [0.4, 0.5) is 5.69 Å². The fraction of sp³-hybridized carbons (Fsp3) is 0.105. The number of rotatable bonds is 8. The van der Waals surface area contributed by atoms with Crippen LogP contribution in [-0.4, -0.2) is 22.7 Å². The second-order valence-electron chi connectivity index (χ2n) is 6.51. The Morgan fingerprint density at radius 1 is 1.03 bits per heavy atom. The third-order valence-electron chi connectivity index (χ3n) is 4.05. The molecule has 12 heteroatoms. The van der Waals surface area contributed by atoms with Gasteiger partial charge in [0.15, 0.2) is 0 Å². The van der Waals surface area contributed by atoms with Gasteiger partial charge in [0, 0.05) is 11.3 Å². The third kappa shape index (κ3) is 6.39. The highest BCUT2D eigenvalue weighted by molar-refractivity contribution is 7.89. The normalized spacial score (nSPS) is 11.9. The van der Waals surface area contributed by atoms with Gasteiger partial charge in [-0.05, 0) is 48.0 Å². The first-order valence-corrected chi connectivity index (χ1v) is 12.3. The van der Waals surface area contributed by atoms with Crippen LogP contribution in [0.2, 0.25) is 5.02 Å². The highest BCUT2D eigenvalue weighted by Gasteiger charge is 2.20. The highest BCUT2D eigenvalue weighted by Crippen LogP contribution is 2.24. The van der Waals surface area contributed by atoms with Crippen LogP contribution >= 0.6 is 11.6 Å². The molecule has 9 nitrogen and oxygen atoms in total. The molecule has 31 heavy (non-hydrogen) atoms. The molecule has 0 radical (unpaired) electrons. The van der Waals surface area contributed by atoms with Crippen LogP contribution in [0.3, 0.4) is 0 Å². The summed E-state index contributed by atoms with van der Waals surface area (Å²) in [6.07, 6.45) is 1.42. The SMILES string of the molecule is NS(=O)(=O)Cc1cccc(NC(=O)c2ccc(Cl)c(S(=O)(=O)NCc3ccco3)c2)c1. The molecule has 0 spiro atoms. The molecule has 0 aliphatic rings. The number of sulfonamides is 2. The molecule has 1 amide bonds. The van der Waals surface area contributed by atoms with Crippen LogP contribution in [0.1, 0.15) is 21.7 Å². The van der Waals surface area contributed by atoms with Gasteiger partial charge in [0.05, 0.1) is 23.6 Å². The Labute approximate surface area is 184 Å². The number of primary sulfonamides is 1. The first-order chi connectivity index (χ1) is 14.5. The van der Waals surface area contributed by atoms with E-state index in [2.05, 4.69) is 10.0 Å². The van der Waals surface area contributed by atoms with E-state index in [1.807, 2.05) is 0 Å². The quantitative estimate of drug-likeness (QED) is 0.448. The van der Waals surface area contributed by atoms with E-state index in [0.717, 1.165) is 6.07 Å². The molecule has 0 unspecified atom stereocenters. The lowest BCUT2D eigenvalue weighted by Gasteiger charge is -2.11. The molecule has 3 aromatic rings. The smallest absolute Gasteiger partial charge is 0.255 e. The maximum atomic E-state index is 12.6. The van der Waals surface area contributed by atoms with E-state index in [9.17, 15) is 21.6 Å². The first-order valence-electron chi connectivity index (χ1n) is 8.76. The fourth-order valence-corrected chi connectivity index (χ4v) is 4.84. The minimum absolute atomic E-state index is 0.0413. The average Bonchev–Trinajstić information content (AvgIpc) is 3.19. The summed E-state index contributed by atoms with van der Waals surface area (Å²) in [6.45, 7) is -0.0844. The number of hydrogen-bond donors (Lipinski definition) is 3. The van der Waals surface area contributed by atoms with E-state index in [1.165, 1.54) is 24.5 Å². The van der Waals surface area contributed by atoms with E-state index in [0.29, 0.717) is 17.0 Å². The highest BCUT2D eigenvalue weighted by atomic mass is 35.5. The zero-order chi connectivity index (χ0) is 22.6. The summed E-state index contributed by atoms with van der Waals surface area (Å²) in [5.41, 5.74) is 0.753. The monoisotopic (exact) mass is 483 g/mol. The number of nitrogens with two attached hydrogens (primary N) is 1. The fourth-order valence-electron chi connectivity index (χ4n) is 2.68. The van der Waals surface area contributed by atoms with E-state index in [1.54, 1.807) is 30.3 Å². The molecule has 1 heterocycles. The van der Waals surface area contributed by atoms with Crippen LogP contribution < -0.4 is 15.2 Å². The number of amides is 1. The van der Waals surface area contributed by atoms with Crippen LogP contribution in [0.15, 0.2) is 70.2 Å². The lowest BCUT2D eigenvalue weighted by molar-refractivity contribution is 0.102. The lowest BCUT2D eigenvalue weighted by atomic mass is 10.2. The van der Waals surface area contributed by atoms with Gasteiger partial charge in [-0.25, -0.2) is 26.7 Å². The summed E-state index contributed by atoms with van der Waals surface area (Å²) in [7, 11) is -7.76. The van der Waals surface area contributed by atoms with Crippen molar-refractivity contribution in [2.24, 2.45) is 5.14 Å². The van der Waals surface area contributed by atoms with Gasteiger partial charge in [-0.2, -0.15) is 0 Å². The molecule has 4 N–H and O–H groups in total. The van der Waals surface area contributed by atoms with Crippen molar-refractivity contribution in [1.29, 1.82) is 0 Å². The van der Waals surface area contributed by atoms with Gasteiger partial charge in [-0.3, -0.25) is 4.79 Å². The Balaban J connectivity index is 1.79. The molecule has 0 atom stereocenters. The molecule has 0 saturated carbocycles. The maximum Gasteiger partial charge on any atom is 0.255 e. The first kappa shape index (κ1) is 23.0. The van der Waals surface area contributed by atoms with Crippen LogP contribution in [-0.2, 0) is 32.3 Å². The lowest BCUT2D eigenvalue weighted by Crippen LogP contribution is -2.24. The number of halogens is 1. The number of benzene rings is 2. The zero-order valence-corrected chi connectivity index (χ0v) is 18.3. The van der Waals surface area contributed by atoms with Crippen LogP contribution in [0.5, 0.6) is 0 Å². The second kappa shape index (κ2) is 9.20. The molecule has 0 aliphatic heterocycles. The summed E-state index contributed by atoms with van der Waals surface area (Å²) >= 11 is 6.05. The van der Waals surface area contributed by atoms with Crippen molar-refractivity contribution >= 4 is 43.2 Å². The molecule has 0 bridgehead atoms. The molecule has 1 aromatic heterocycles. The van der Waals surface area contributed by atoms with Crippen LogP contribution in [0.25, 0.3) is 0 Å². The van der Waals surface area contributed by atoms with Crippen molar-refractivity contribution in [1.82, 2.24) is 4.72 Å².